The topological polar surface area (TPSA) is 66.3 Å². The van der Waals surface area contributed by atoms with E-state index in [1.54, 1.807) is 11.0 Å². The summed E-state index contributed by atoms with van der Waals surface area (Å²) < 4.78 is 0. The molecule has 0 unspecified atom stereocenters. The van der Waals surface area contributed by atoms with Crippen LogP contribution in [0.3, 0.4) is 0 Å². The Labute approximate surface area is 123 Å². The quantitative estimate of drug-likeness (QED) is 0.922. The Balaban J connectivity index is 1.79. The second-order valence-corrected chi connectivity index (χ2v) is 5.24. The maximum atomic E-state index is 12.5. The lowest BCUT2D eigenvalue weighted by atomic mass is 10.0. The van der Waals surface area contributed by atoms with E-state index >= 15 is 0 Å². The lowest BCUT2D eigenvalue weighted by molar-refractivity contribution is 0.0639. The molecule has 5 nitrogen and oxygen atoms in total. The molecule has 3 rings (SSSR count). The van der Waals surface area contributed by atoms with Crippen molar-refractivity contribution in [2.75, 3.05) is 6.54 Å². The van der Waals surface area contributed by atoms with Crippen molar-refractivity contribution in [2.24, 2.45) is 0 Å². The van der Waals surface area contributed by atoms with Crippen molar-refractivity contribution in [3.63, 3.8) is 0 Å². The fraction of sp³-hybridized carbons (Fsp3) is 0.312. The van der Waals surface area contributed by atoms with E-state index in [-0.39, 0.29) is 11.9 Å². The summed E-state index contributed by atoms with van der Waals surface area (Å²) in [6.07, 6.45) is 3.76. The Morgan fingerprint density at radius 3 is 2.76 bits per heavy atom. The van der Waals surface area contributed by atoms with E-state index in [2.05, 4.69) is 10.2 Å². The standard InChI is InChI=1S/C16H17N3O2/c20-15-7-9-19(16(21)13-6-8-17-18-11-13)14(15)10-12-4-2-1-3-5-12/h1-6,8,11,14-15,20H,7,9-10H2/t14-,15+/m0/s1. The maximum absolute atomic E-state index is 12.5. The molecule has 108 valence electrons. The van der Waals surface area contributed by atoms with Crippen LogP contribution in [-0.4, -0.2) is 44.8 Å². The van der Waals surface area contributed by atoms with Gasteiger partial charge in [0.2, 0.25) is 0 Å². The van der Waals surface area contributed by atoms with Gasteiger partial charge in [-0.2, -0.15) is 10.2 Å². The third-order valence-electron chi connectivity index (χ3n) is 3.89. The summed E-state index contributed by atoms with van der Waals surface area (Å²) in [5.41, 5.74) is 1.63. The third kappa shape index (κ3) is 2.92. The molecule has 1 saturated heterocycles. The molecule has 1 aliphatic heterocycles. The van der Waals surface area contributed by atoms with Crippen LogP contribution in [0.2, 0.25) is 0 Å². The number of benzene rings is 1. The van der Waals surface area contributed by atoms with Crippen LogP contribution in [0.4, 0.5) is 0 Å². The van der Waals surface area contributed by atoms with Crippen molar-refractivity contribution in [1.82, 2.24) is 15.1 Å². The van der Waals surface area contributed by atoms with Gasteiger partial charge in [0.1, 0.15) is 0 Å². The first-order chi connectivity index (χ1) is 10.3. The molecule has 0 saturated carbocycles. The summed E-state index contributed by atoms with van der Waals surface area (Å²) >= 11 is 0. The van der Waals surface area contributed by atoms with Gasteiger partial charge in [0, 0.05) is 6.54 Å². The second-order valence-electron chi connectivity index (χ2n) is 5.24. The fourth-order valence-electron chi connectivity index (χ4n) is 2.77. The van der Waals surface area contributed by atoms with Crippen molar-refractivity contribution in [3.8, 4) is 0 Å². The number of rotatable bonds is 3. The van der Waals surface area contributed by atoms with Gasteiger partial charge in [-0.3, -0.25) is 4.79 Å². The Kier molecular flexibility index (Phi) is 3.92. The average Bonchev–Trinajstić information content (AvgIpc) is 2.90. The molecule has 1 aromatic carbocycles. The van der Waals surface area contributed by atoms with Crippen molar-refractivity contribution >= 4 is 5.91 Å². The van der Waals surface area contributed by atoms with E-state index < -0.39 is 6.10 Å². The zero-order chi connectivity index (χ0) is 14.7. The van der Waals surface area contributed by atoms with Gasteiger partial charge in [-0.05, 0) is 24.5 Å². The second kappa shape index (κ2) is 6.01. The van der Waals surface area contributed by atoms with Crippen LogP contribution in [0.25, 0.3) is 0 Å². The number of carbonyl (C=O) groups is 1. The third-order valence-corrected chi connectivity index (χ3v) is 3.89. The minimum atomic E-state index is -0.482. The summed E-state index contributed by atoms with van der Waals surface area (Å²) in [6.45, 7) is 0.569. The molecule has 21 heavy (non-hydrogen) atoms. The zero-order valence-electron chi connectivity index (χ0n) is 11.6. The summed E-state index contributed by atoms with van der Waals surface area (Å²) in [5.74, 6) is -0.0950. The van der Waals surface area contributed by atoms with Crippen molar-refractivity contribution < 1.29 is 9.90 Å². The molecule has 1 N–H and O–H groups in total. The van der Waals surface area contributed by atoms with Gasteiger partial charge in [-0.1, -0.05) is 30.3 Å². The number of likely N-dealkylation sites (tertiary alicyclic amines) is 1. The number of amides is 1. The number of aromatic nitrogens is 2. The molecule has 5 heteroatoms. The molecule has 2 heterocycles. The molecular formula is C16H17N3O2. The predicted octanol–water partition coefficient (Wildman–Crippen LogP) is 1.29. The van der Waals surface area contributed by atoms with Crippen molar-refractivity contribution in [2.45, 2.75) is 25.0 Å². The summed E-state index contributed by atoms with van der Waals surface area (Å²) in [7, 11) is 0. The SMILES string of the molecule is O=C(c1ccnnc1)N1CC[C@@H](O)[C@@H]1Cc1ccccc1. The summed E-state index contributed by atoms with van der Waals surface area (Å²) in [5, 5.41) is 17.6. The van der Waals surface area contributed by atoms with E-state index in [1.165, 1.54) is 12.4 Å². The molecule has 1 amide bonds. The maximum Gasteiger partial charge on any atom is 0.255 e. The highest BCUT2D eigenvalue weighted by Gasteiger charge is 2.36. The highest BCUT2D eigenvalue weighted by Crippen LogP contribution is 2.23. The first kappa shape index (κ1) is 13.7. The molecule has 0 radical (unpaired) electrons. The number of carbonyl (C=O) groups excluding carboxylic acids is 1. The smallest absolute Gasteiger partial charge is 0.255 e. The highest BCUT2D eigenvalue weighted by atomic mass is 16.3. The van der Waals surface area contributed by atoms with Crippen molar-refractivity contribution in [1.29, 1.82) is 0 Å². The molecular weight excluding hydrogens is 266 g/mol. The molecule has 0 bridgehead atoms. The molecule has 1 fully saturated rings. The van der Waals surface area contributed by atoms with Crippen LogP contribution >= 0.6 is 0 Å². The van der Waals surface area contributed by atoms with Gasteiger partial charge in [-0.15, -0.1) is 0 Å². The lowest BCUT2D eigenvalue weighted by Crippen LogP contribution is -2.41. The summed E-state index contributed by atoms with van der Waals surface area (Å²) in [4.78, 5) is 14.3. The first-order valence-corrected chi connectivity index (χ1v) is 7.05. The first-order valence-electron chi connectivity index (χ1n) is 7.05. The van der Waals surface area contributed by atoms with Gasteiger partial charge < -0.3 is 10.0 Å². The lowest BCUT2D eigenvalue weighted by Gasteiger charge is -2.26. The van der Waals surface area contributed by atoms with Crippen LogP contribution in [0.5, 0.6) is 0 Å². The molecule has 1 aliphatic rings. The van der Waals surface area contributed by atoms with E-state index in [0.717, 1.165) is 5.56 Å². The molecule has 1 aromatic heterocycles. The molecule has 2 atom stereocenters. The Morgan fingerprint density at radius 2 is 2.05 bits per heavy atom. The van der Waals surface area contributed by atoms with Crippen LogP contribution in [0, 0.1) is 0 Å². The van der Waals surface area contributed by atoms with Crippen LogP contribution in [-0.2, 0) is 6.42 Å². The van der Waals surface area contributed by atoms with Gasteiger partial charge in [0.05, 0.1) is 30.1 Å². The normalized spacial score (nSPS) is 21.5. The average molecular weight is 283 g/mol. The number of nitrogens with zero attached hydrogens (tertiary/aromatic N) is 3. The monoisotopic (exact) mass is 283 g/mol. The van der Waals surface area contributed by atoms with Crippen LogP contribution < -0.4 is 0 Å². The van der Waals surface area contributed by atoms with Gasteiger partial charge in [-0.25, -0.2) is 0 Å². The van der Waals surface area contributed by atoms with Gasteiger partial charge >= 0.3 is 0 Å². The Bertz CT molecular complexity index is 603. The molecule has 0 aliphatic carbocycles. The number of hydrogen-bond acceptors (Lipinski definition) is 4. The minimum absolute atomic E-state index is 0.0950. The Hall–Kier alpha value is -2.27. The Morgan fingerprint density at radius 1 is 1.24 bits per heavy atom. The summed E-state index contributed by atoms with van der Waals surface area (Å²) in [6, 6.07) is 11.4. The largest absolute Gasteiger partial charge is 0.391 e. The predicted molar refractivity (Wildman–Crippen MR) is 77.6 cm³/mol. The van der Waals surface area contributed by atoms with E-state index in [0.29, 0.717) is 24.9 Å². The van der Waals surface area contributed by atoms with Crippen molar-refractivity contribution in [3.05, 3.63) is 59.9 Å². The molecule has 0 spiro atoms. The number of hydrogen-bond donors (Lipinski definition) is 1. The van der Waals surface area contributed by atoms with Gasteiger partial charge in [0.25, 0.3) is 5.91 Å². The minimum Gasteiger partial charge on any atom is -0.391 e. The molecule has 2 aromatic rings. The van der Waals surface area contributed by atoms with Gasteiger partial charge in [0.15, 0.2) is 0 Å². The zero-order valence-corrected chi connectivity index (χ0v) is 11.6. The van der Waals surface area contributed by atoms with E-state index in [1.807, 2.05) is 30.3 Å². The van der Waals surface area contributed by atoms with E-state index in [4.69, 9.17) is 0 Å². The number of aliphatic hydroxyl groups is 1. The van der Waals surface area contributed by atoms with Crippen LogP contribution in [0.1, 0.15) is 22.3 Å². The fourth-order valence-corrected chi connectivity index (χ4v) is 2.77. The highest BCUT2D eigenvalue weighted by molar-refractivity contribution is 5.94. The number of aliphatic hydroxyl groups excluding tert-OH is 1. The van der Waals surface area contributed by atoms with E-state index in [9.17, 15) is 9.90 Å². The van der Waals surface area contributed by atoms with Crippen LogP contribution in [0.15, 0.2) is 48.8 Å².